The normalized spacial score (nSPS) is 15.0. The maximum Gasteiger partial charge on any atom is 0.347 e. The number of carbonyl (C=O) groups is 1. The van der Waals surface area contributed by atoms with E-state index in [0.717, 1.165) is 30.2 Å². The molecular weight excluding hydrogens is 698 g/mol. The SMILES string of the molecule is CCOC(=O)[C@H](C)Oc1c(OCC)cc(C=Nn2c(C3CCCCC3)nc3ccc(Br)cc3c2=O)c(Br)c1Br. The van der Waals surface area contributed by atoms with Crippen LogP contribution < -0.4 is 15.0 Å². The van der Waals surface area contributed by atoms with E-state index in [9.17, 15) is 9.59 Å². The average Bonchev–Trinajstić information content (AvgIpc) is 2.93. The third-order valence-corrected chi connectivity index (χ3v) is 9.12. The Kier molecular flexibility index (Phi) is 10.2. The Labute approximate surface area is 252 Å². The Balaban J connectivity index is 1.79. The molecule has 0 unspecified atom stereocenters. The first kappa shape index (κ1) is 29.7. The summed E-state index contributed by atoms with van der Waals surface area (Å²) in [4.78, 5) is 30.7. The molecular formula is C28H30Br3N3O5. The van der Waals surface area contributed by atoms with Crippen molar-refractivity contribution in [3.8, 4) is 11.5 Å². The van der Waals surface area contributed by atoms with E-state index in [2.05, 4.69) is 52.9 Å². The Hall–Kier alpha value is -2.24. The molecule has 208 valence electrons. The van der Waals surface area contributed by atoms with Crippen LogP contribution in [-0.4, -0.2) is 41.2 Å². The van der Waals surface area contributed by atoms with Gasteiger partial charge in [0.2, 0.25) is 0 Å². The predicted octanol–water partition coefficient (Wildman–Crippen LogP) is 7.34. The summed E-state index contributed by atoms with van der Waals surface area (Å²) >= 11 is 10.6. The fourth-order valence-corrected chi connectivity index (χ4v) is 5.85. The van der Waals surface area contributed by atoms with E-state index in [4.69, 9.17) is 19.2 Å². The van der Waals surface area contributed by atoms with Gasteiger partial charge in [-0.3, -0.25) is 4.79 Å². The topological polar surface area (TPSA) is 92.0 Å². The highest BCUT2D eigenvalue weighted by molar-refractivity contribution is 9.13. The van der Waals surface area contributed by atoms with E-state index in [-0.39, 0.29) is 18.1 Å². The van der Waals surface area contributed by atoms with Gasteiger partial charge in [0.05, 0.1) is 34.8 Å². The van der Waals surface area contributed by atoms with Crippen LogP contribution in [0.15, 0.2) is 47.6 Å². The number of nitrogens with zero attached hydrogens (tertiary/aromatic N) is 3. The highest BCUT2D eigenvalue weighted by Crippen LogP contribution is 2.43. The monoisotopic (exact) mass is 725 g/mol. The number of halogens is 3. The molecule has 39 heavy (non-hydrogen) atoms. The maximum absolute atomic E-state index is 13.7. The largest absolute Gasteiger partial charge is 0.490 e. The molecule has 0 spiro atoms. The van der Waals surface area contributed by atoms with Crippen molar-refractivity contribution in [2.24, 2.45) is 5.10 Å². The molecule has 1 atom stereocenters. The molecule has 0 radical (unpaired) electrons. The van der Waals surface area contributed by atoms with Gasteiger partial charge in [-0.15, -0.1) is 0 Å². The summed E-state index contributed by atoms with van der Waals surface area (Å²) in [5.74, 6) is 1.14. The molecule has 1 saturated carbocycles. The van der Waals surface area contributed by atoms with Crippen molar-refractivity contribution in [3.63, 3.8) is 0 Å². The van der Waals surface area contributed by atoms with Gasteiger partial charge in [0.25, 0.3) is 5.56 Å². The average molecular weight is 728 g/mol. The van der Waals surface area contributed by atoms with Gasteiger partial charge in [0.1, 0.15) is 5.82 Å². The fraction of sp³-hybridized carbons (Fsp3) is 0.429. The summed E-state index contributed by atoms with van der Waals surface area (Å²) in [5, 5.41) is 5.15. The first-order chi connectivity index (χ1) is 18.7. The number of hydrogen-bond acceptors (Lipinski definition) is 7. The Morgan fingerprint density at radius 3 is 2.56 bits per heavy atom. The lowest BCUT2D eigenvalue weighted by Crippen LogP contribution is -2.26. The first-order valence-corrected chi connectivity index (χ1v) is 15.4. The molecule has 1 aliphatic rings. The lowest BCUT2D eigenvalue weighted by molar-refractivity contribution is -0.150. The van der Waals surface area contributed by atoms with E-state index < -0.39 is 12.1 Å². The van der Waals surface area contributed by atoms with Crippen LogP contribution >= 0.6 is 47.8 Å². The Morgan fingerprint density at radius 1 is 1.13 bits per heavy atom. The molecule has 11 heteroatoms. The smallest absolute Gasteiger partial charge is 0.347 e. The zero-order chi connectivity index (χ0) is 28.1. The number of rotatable bonds is 9. The molecule has 1 heterocycles. The highest BCUT2D eigenvalue weighted by Gasteiger charge is 2.25. The van der Waals surface area contributed by atoms with Crippen molar-refractivity contribution in [3.05, 3.63) is 59.4 Å². The number of hydrogen-bond donors (Lipinski definition) is 0. The van der Waals surface area contributed by atoms with Crippen LogP contribution in [0.5, 0.6) is 11.5 Å². The molecule has 8 nitrogen and oxygen atoms in total. The molecule has 1 aromatic heterocycles. The van der Waals surface area contributed by atoms with Gasteiger partial charge in [0, 0.05) is 20.4 Å². The first-order valence-electron chi connectivity index (χ1n) is 13.0. The second-order valence-corrected chi connectivity index (χ2v) is 11.7. The minimum Gasteiger partial charge on any atom is -0.490 e. The number of ether oxygens (including phenoxy) is 3. The molecule has 2 aromatic carbocycles. The molecule has 1 fully saturated rings. The summed E-state index contributed by atoms with van der Waals surface area (Å²) in [5.41, 5.74) is 1.09. The van der Waals surface area contributed by atoms with Gasteiger partial charge in [-0.1, -0.05) is 35.2 Å². The zero-order valence-electron chi connectivity index (χ0n) is 22.0. The van der Waals surface area contributed by atoms with Gasteiger partial charge in [-0.25, -0.2) is 9.78 Å². The maximum atomic E-state index is 13.7. The van der Waals surface area contributed by atoms with Crippen LogP contribution in [-0.2, 0) is 9.53 Å². The van der Waals surface area contributed by atoms with Crippen LogP contribution in [0.2, 0.25) is 0 Å². The van der Waals surface area contributed by atoms with Gasteiger partial charge >= 0.3 is 5.97 Å². The van der Waals surface area contributed by atoms with E-state index in [1.807, 2.05) is 19.1 Å². The third kappa shape index (κ3) is 6.74. The summed E-state index contributed by atoms with van der Waals surface area (Å²) in [7, 11) is 0. The minimum absolute atomic E-state index is 0.158. The highest BCUT2D eigenvalue weighted by atomic mass is 79.9. The molecule has 0 aliphatic heterocycles. The van der Waals surface area contributed by atoms with Crippen molar-refractivity contribution in [2.45, 2.75) is 64.9 Å². The quantitative estimate of drug-likeness (QED) is 0.169. The minimum atomic E-state index is -0.841. The van der Waals surface area contributed by atoms with Crippen LogP contribution in [0.3, 0.4) is 0 Å². The van der Waals surface area contributed by atoms with E-state index >= 15 is 0 Å². The van der Waals surface area contributed by atoms with Crippen molar-refractivity contribution in [1.82, 2.24) is 9.66 Å². The number of benzene rings is 2. The van der Waals surface area contributed by atoms with Crippen LogP contribution in [0.25, 0.3) is 10.9 Å². The predicted molar refractivity (Wildman–Crippen MR) is 162 cm³/mol. The molecule has 3 aromatic rings. The Bertz CT molecular complexity index is 1450. The van der Waals surface area contributed by atoms with Crippen molar-refractivity contribution >= 4 is 70.9 Å². The van der Waals surface area contributed by atoms with Crippen molar-refractivity contribution < 1.29 is 19.0 Å². The molecule has 0 amide bonds. The molecule has 0 saturated heterocycles. The molecule has 0 bridgehead atoms. The standard InChI is InChI=1S/C28H30Br3N3O5/c1-4-37-22-13-18(23(30)24(31)25(22)39-16(3)28(36)38-5-2)15-32-34-26(17-9-7-6-8-10-17)33-21-12-11-19(29)14-20(21)27(34)35/h11-17H,4-10H2,1-3H3/t16-/m0/s1. The summed E-state index contributed by atoms with van der Waals surface area (Å²) in [6.45, 7) is 5.86. The van der Waals surface area contributed by atoms with Gasteiger partial charge in [-0.05, 0) is 89.7 Å². The lowest BCUT2D eigenvalue weighted by atomic mass is 9.88. The van der Waals surface area contributed by atoms with Crippen LogP contribution in [0.1, 0.15) is 70.2 Å². The van der Waals surface area contributed by atoms with Crippen LogP contribution in [0.4, 0.5) is 0 Å². The third-order valence-electron chi connectivity index (χ3n) is 6.48. The molecule has 1 aliphatic carbocycles. The van der Waals surface area contributed by atoms with Crippen molar-refractivity contribution in [2.75, 3.05) is 13.2 Å². The second kappa shape index (κ2) is 13.4. The zero-order valence-corrected chi connectivity index (χ0v) is 26.8. The van der Waals surface area contributed by atoms with E-state index in [0.29, 0.717) is 49.3 Å². The second-order valence-electron chi connectivity index (χ2n) is 9.19. The number of carbonyl (C=O) groups excluding carboxylic acids is 1. The summed E-state index contributed by atoms with van der Waals surface area (Å²) < 4.78 is 20.3. The number of fused-ring (bicyclic) bond motifs is 1. The molecule has 4 rings (SSSR count). The van der Waals surface area contributed by atoms with Gasteiger partial charge in [-0.2, -0.15) is 9.78 Å². The van der Waals surface area contributed by atoms with Gasteiger partial charge in [0.15, 0.2) is 17.6 Å². The summed E-state index contributed by atoms with van der Waals surface area (Å²) in [6, 6.07) is 7.28. The van der Waals surface area contributed by atoms with Gasteiger partial charge < -0.3 is 14.2 Å². The Morgan fingerprint density at radius 2 is 1.87 bits per heavy atom. The van der Waals surface area contributed by atoms with E-state index in [1.165, 1.54) is 11.1 Å². The number of aromatic nitrogens is 2. The molecule has 0 N–H and O–H groups in total. The lowest BCUT2D eigenvalue weighted by Gasteiger charge is -2.23. The summed E-state index contributed by atoms with van der Waals surface area (Å²) in [6.07, 6.45) is 6.10. The van der Waals surface area contributed by atoms with Crippen molar-refractivity contribution in [1.29, 1.82) is 0 Å². The van der Waals surface area contributed by atoms with Crippen LogP contribution in [0, 0.1) is 0 Å². The van der Waals surface area contributed by atoms with E-state index in [1.54, 1.807) is 32.2 Å². The number of esters is 1. The fourth-order valence-electron chi connectivity index (χ4n) is 4.58.